The average molecular weight is 1440 g/mol. The van der Waals surface area contributed by atoms with Gasteiger partial charge < -0.3 is 59.2 Å². The van der Waals surface area contributed by atoms with E-state index in [2.05, 4.69) is 40.7 Å². The molecule has 8 aliphatic rings. The topological polar surface area (TPSA) is 383 Å². The fourth-order valence-electron chi connectivity index (χ4n) is 12.5. The molecule has 7 N–H and O–H groups in total. The summed E-state index contributed by atoms with van der Waals surface area (Å²) in [6, 6.07) is 4.44. The van der Waals surface area contributed by atoms with Gasteiger partial charge in [-0.15, -0.1) is 0 Å². The van der Waals surface area contributed by atoms with E-state index in [0.717, 1.165) is 25.7 Å². The molecule has 99 heavy (non-hydrogen) atoms. The number of benzene rings is 2. The number of aromatic nitrogens is 2. The van der Waals surface area contributed by atoms with Crippen molar-refractivity contribution < 1.29 is 92.1 Å². The smallest absolute Gasteiger partial charge is 0.408 e. The summed E-state index contributed by atoms with van der Waals surface area (Å²) >= 11 is 5.41. The minimum atomic E-state index is -3.90. The maximum Gasteiger partial charge on any atom is 0.408 e. The van der Waals surface area contributed by atoms with Crippen LogP contribution in [0.25, 0.3) is 22.2 Å². The third kappa shape index (κ3) is 18.5. The Balaban J connectivity index is 0.000000188. The number of nitrogens with zero attached hydrogens (tertiary/aromatic N) is 4. The molecule has 2 aromatic carbocycles. The van der Waals surface area contributed by atoms with Crippen molar-refractivity contribution >= 4 is 101 Å². The van der Waals surface area contributed by atoms with Gasteiger partial charge in [-0.2, -0.15) is 9.97 Å². The van der Waals surface area contributed by atoms with Crippen molar-refractivity contribution in [3.63, 3.8) is 0 Å². The first-order valence-electron chi connectivity index (χ1n) is 33.4. The highest BCUT2D eigenvalue weighted by molar-refractivity contribution is 7.91. The maximum atomic E-state index is 14.3. The van der Waals surface area contributed by atoms with E-state index < -0.39 is 160 Å². The molecule has 2 aromatic heterocycles. The highest BCUT2D eigenvalue weighted by atomic mass is 35.5. The van der Waals surface area contributed by atoms with Gasteiger partial charge in [-0.3, -0.25) is 38.2 Å². The first kappa shape index (κ1) is 73.7. The Kier molecular flexibility index (Phi) is 22.1. The summed E-state index contributed by atoms with van der Waals surface area (Å²) in [5, 5.41) is 20.0. The van der Waals surface area contributed by atoms with Crippen LogP contribution in [0, 0.1) is 23.5 Å². The van der Waals surface area contributed by atoms with Gasteiger partial charge in [-0.05, 0) is 154 Å². The lowest BCUT2D eigenvalue weighted by Gasteiger charge is -2.30. The number of carbonyl (C=O) groups is 8. The number of fused-ring (bicyclic) bond motifs is 6. The van der Waals surface area contributed by atoms with Crippen LogP contribution in [0.3, 0.4) is 0 Å². The third-order valence-electron chi connectivity index (χ3n) is 18.0. The number of nitrogens with one attached hydrogen (secondary N) is 6. The van der Waals surface area contributed by atoms with Crippen molar-refractivity contribution in [2.75, 3.05) is 13.1 Å². The number of hydrogen-bond donors (Lipinski definition) is 7. The number of sulfonamides is 2. The highest BCUT2D eigenvalue weighted by Crippen LogP contribution is 2.48. The lowest BCUT2D eigenvalue weighted by molar-refractivity contribution is -0.141. The van der Waals surface area contributed by atoms with Gasteiger partial charge in [-0.25, -0.2) is 35.2 Å². The van der Waals surface area contributed by atoms with E-state index >= 15 is 0 Å². The number of rotatable bonds is 10. The Morgan fingerprint density at radius 2 is 1.07 bits per heavy atom. The molecule has 6 heterocycles. The standard InChI is InChI=1S/C33H42FN5O9S.C26H40N4O8S.C7H3ClFNO/c1-32(2,3)48-30(43)35-24-12-8-6-4-5-7-10-19-17-33(19,29(42)38-49(44,45)21-14-15-21)37-27(40)25-16-20(18-39(25)28(24)41)46-31-36-23-13-9-11-22(34)26(23)47-31;1-25(2,3)38-24(35)27-19-10-8-6-4-5-7-9-16-14-26(16,23(34)29-39(36,37)18-11-12-18)28-21(32)20-13-17(31)15-30(20)22(19)33;8-7-10-5-3-1-2-4(9)6(5)11-7/h7,9-11,13,19-21,24-25H,4-6,8,12,14-18H2,1-3H3,(H,35,43)(H,37,40)(H,38,42);7,9,16-20,31H,4-6,8,10-15H2,1-3H3,(H,27,35)(H,28,32)(H,29,34);1-3H/b10-7-;9-7-;/t19-,20-,24+,25+,33-;16-,17-,19+,20+,26-;/m11./s1. The number of oxazole rings is 2. The number of para-hydroxylation sites is 2. The molecule has 4 saturated carbocycles. The summed E-state index contributed by atoms with van der Waals surface area (Å²) in [7, 11) is -7.73. The summed E-state index contributed by atoms with van der Waals surface area (Å²) < 4.78 is 109. The number of allylic oxidation sites excluding steroid dienone is 2. The summed E-state index contributed by atoms with van der Waals surface area (Å²) in [6.45, 7) is 10.0. The van der Waals surface area contributed by atoms with Crippen LogP contribution in [0.4, 0.5) is 18.4 Å². The molecule has 2 saturated heterocycles. The second kappa shape index (κ2) is 29.7. The number of aliphatic hydroxyl groups is 1. The molecule has 0 radical (unpaired) electrons. The largest absolute Gasteiger partial charge is 0.445 e. The molecular weight excluding hydrogens is 1360 g/mol. The molecule has 0 spiro atoms. The fourth-order valence-corrected chi connectivity index (χ4v) is 15.4. The Hall–Kier alpha value is -7.97. The van der Waals surface area contributed by atoms with Crippen molar-refractivity contribution in [3.8, 4) is 6.08 Å². The minimum Gasteiger partial charge on any atom is -0.445 e. The Morgan fingerprint density at radius 1 is 0.626 bits per heavy atom. The number of alkyl carbamates (subject to hydrolysis) is 2. The van der Waals surface area contributed by atoms with Crippen molar-refractivity contribution in [2.24, 2.45) is 11.8 Å². The van der Waals surface area contributed by atoms with Crippen molar-refractivity contribution in [2.45, 2.75) is 226 Å². The summed E-state index contributed by atoms with van der Waals surface area (Å²) in [6.07, 6.45) is 12.4. The van der Waals surface area contributed by atoms with Crippen LogP contribution in [-0.2, 0) is 58.3 Å². The zero-order valence-corrected chi connectivity index (χ0v) is 58.2. The van der Waals surface area contributed by atoms with Crippen LogP contribution in [0.15, 0.2) is 69.5 Å². The second-order valence-electron chi connectivity index (χ2n) is 28.4. The number of amides is 8. The lowest BCUT2D eigenvalue weighted by Crippen LogP contribution is -2.58. The number of hydrogen-bond acceptors (Lipinski definition) is 20. The van der Waals surface area contributed by atoms with Gasteiger partial charge in [0, 0.05) is 31.2 Å². The molecule has 12 rings (SSSR count). The van der Waals surface area contributed by atoms with Crippen LogP contribution in [-0.4, -0.2) is 172 Å². The maximum absolute atomic E-state index is 14.3. The summed E-state index contributed by atoms with van der Waals surface area (Å²) in [4.78, 5) is 118. The van der Waals surface area contributed by atoms with E-state index in [4.69, 9.17) is 34.6 Å². The fraction of sp³-hybridized carbons (Fsp3) is 0.606. The molecule has 0 bridgehead atoms. The predicted molar refractivity (Wildman–Crippen MR) is 352 cm³/mol. The van der Waals surface area contributed by atoms with Gasteiger partial charge in [0.25, 0.3) is 17.2 Å². The van der Waals surface area contributed by atoms with E-state index in [1.807, 2.05) is 24.3 Å². The molecule has 4 aliphatic carbocycles. The molecule has 4 aliphatic heterocycles. The van der Waals surface area contributed by atoms with Crippen molar-refractivity contribution in [1.29, 1.82) is 0 Å². The number of halogens is 3. The van der Waals surface area contributed by atoms with E-state index in [-0.39, 0.29) is 73.3 Å². The first-order chi connectivity index (χ1) is 46.6. The Labute approximate surface area is 576 Å². The molecule has 4 aromatic rings. The monoisotopic (exact) mass is 1440 g/mol. The van der Waals surface area contributed by atoms with Gasteiger partial charge in [0.1, 0.15) is 63.6 Å². The van der Waals surface area contributed by atoms with Crippen LogP contribution in [0.5, 0.6) is 6.08 Å². The Morgan fingerprint density at radius 3 is 1.52 bits per heavy atom. The molecule has 540 valence electrons. The highest BCUT2D eigenvalue weighted by Gasteiger charge is 2.64. The zero-order chi connectivity index (χ0) is 71.6. The SMILES string of the molecule is CC(C)(C)OC(=O)N[C@H]1CCCCC/C=C\[C@@H]2C[C@@]2(C(=O)NS(=O)(=O)C2CC2)NC(=O)[C@@H]2C[C@@H](O)CN2C1=O.CC(C)(C)OC(=O)N[C@H]1CCCCC/C=C\[C@@H]2C[C@@]2(C(=O)NS(=O)(=O)C2CC2)NC(=O)[C@@H]2C[C@@H](Oc3nc4cccc(F)c4o3)CN2C1=O.Fc1cccc2nc(Cl)oc12. The number of carbonyl (C=O) groups excluding carboxylic acids is 8. The number of aliphatic hydroxyl groups excluding tert-OH is 1. The van der Waals surface area contributed by atoms with E-state index in [1.54, 1.807) is 59.7 Å². The quantitative estimate of drug-likeness (QED) is 0.0814. The lowest BCUT2D eigenvalue weighted by atomic mass is 10.0. The van der Waals surface area contributed by atoms with Gasteiger partial charge >= 0.3 is 18.3 Å². The van der Waals surface area contributed by atoms with E-state index in [0.29, 0.717) is 63.3 Å². The van der Waals surface area contributed by atoms with Crippen LogP contribution < -0.4 is 35.4 Å². The van der Waals surface area contributed by atoms with Crippen molar-refractivity contribution in [1.82, 2.24) is 50.5 Å². The molecular formula is C66H85ClF2N10O18S2. The predicted octanol–water partition coefficient (Wildman–Crippen LogP) is 6.68. The van der Waals surface area contributed by atoms with Gasteiger partial charge in [0.05, 0.1) is 23.1 Å². The van der Waals surface area contributed by atoms with Gasteiger partial charge in [0.2, 0.25) is 43.7 Å². The normalized spacial score (nSPS) is 28.4. The van der Waals surface area contributed by atoms with Gasteiger partial charge in [-0.1, -0.05) is 62.1 Å². The molecule has 10 atom stereocenters. The molecule has 0 unspecified atom stereocenters. The molecule has 6 fully saturated rings. The molecule has 28 nitrogen and oxygen atoms in total. The molecule has 33 heteroatoms. The summed E-state index contributed by atoms with van der Waals surface area (Å²) in [5.41, 5.74) is -3.92. The Bertz CT molecular complexity index is 4040. The first-order valence-corrected chi connectivity index (χ1v) is 36.9. The summed E-state index contributed by atoms with van der Waals surface area (Å²) in [5.74, 6) is -5.96. The second-order valence-corrected chi connectivity index (χ2v) is 32.7. The average Bonchev–Trinajstić information content (AvgIpc) is 1.58. The van der Waals surface area contributed by atoms with Crippen LogP contribution in [0.1, 0.15) is 157 Å². The third-order valence-corrected chi connectivity index (χ3v) is 21.8. The zero-order valence-electron chi connectivity index (χ0n) is 55.8. The number of ether oxygens (including phenoxy) is 3. The van der Waals surface area contributed by atoms with E-state index in [9.17, 15) is 69.1 Å². The minimum absolute atomic E-state index is 0.0369. The van der Waals surface area contributed by atoms with E-state index in [1.165, 1.54) is 28.0 Å². The molecule has 8 amide bonds. The van der Waals surface area contributed by atoms with Crippen LogP contribution in [0.2, 0.25) is 5.35 Å². The van der Waals surface area contributed by atoms with Crippen molar-refractivity contribution in [3.05, 3.63) is 77.7 Å². The van der Waals surface area contributed by atoms with Crippen LogP contribution >= 0.6 is 11.6 Å². The van der Waals surface area contributed by atoms with Gasteiger partial charge in [0.15, 0.2) is 22.8 Å².